The summed E-state index contributed by atoms with van der Waals surface area (Å²) >= 11 is 0. The Morgan fingerprint density at radius 2 is 1.54 bits per heavy atom. The van der Waals surface area contributed by atoms with Crippen molar-refractivity contribution in [3.05, 3.63) is 29.1 Å². The molecule has 0 aromatic heterocycles. The van der Waals surface area contributed by atoms with Gasteiger partial charge >= 0.3 is 5.97 Å². The summed E-state index contributed by atoms with van der Waals surface area (Å²) in [6.07, 6.45) is 0.346. The minimum absolute atomic E-state index is 0.173. The number of hydrogen-bond donors (Lipinski definition) is 1. The van der Waals surface area contributed by atoms with Crippen LogP contribution in [-0.2, 0) is 20.0 Å². The standard InChI is InChI=1S/C14H20FNO6S2/c1-4-8-23(19,20)16(24(21,22)9-5-2)12-7-6-11(15)13(10(12)3)14(17)18/h6-7H,4-5,8-9H2,1-3H3,(H,17,18). The number of halogens is 1. The number of benzene rings is 1. The van der Waals surface area contributed by atoms with Gasteiger partial charge in [0, 0.05) is 0 Å². The number of rotatable bonds is 8. The molecule has 10 heteroatoms. The third-order valence-corrected chi connectivity index (χ3v) is 7.84. The van der Waals surface area contributed by atoms with Gasteiger partial charge in [0.1, 0.15) is 11.4 Å². The van der Waals surface area contributed by atoms with E-state index in [0.717, 1.165) is 12.1 Å². The molecule has 0 unspecified atom stereocenters. The Morgan fingerprint density at radius 1 is 1.08 bits per heavy atom. The number of aromatic carboxylic acids is 1. The molecule has 1 aromatic carbocycles. The van der Waals surface area contributed by atoms with Gasteiger partial charge in [0.05, 0.1) is 17.2 Å². The fraction of sp³-hybridized carbons (Fsp3) is 0.500. The first-order valence-corrected chi connectivity index (χ1v) is 10.5. The van der Waals surface area contributed by atoms with Gasteiger partial charge in [-0.2, -0.15) is 3.71 Å². The van der Waals surface area contributed by atoms with Gasteiger partial charge < -0.3 is 5.11 Å². The lowest BCUT2D eigenvalue weighted by Crippen LogP contribution is -2.40. The van der Waals surface area contributed by atoms with E-state index in [4.69, 9.17) is 5.11 Å². The third-order valence-electron chi connectivity index (χ3n) is 3.23. The summed E-state index contributed by atoms with van der Waals surface area (Å²) in [6, 6.07) is 1.72. The molecule has 0 bridgehead atoms. The fourth-order valence-corrected chi connectivity index (χ4v) is 6.47. The van der Waals surface area contributed by atoms with Gasteiger partial charge in [-0.15, -0.1) is 0 Å². The van der Waals surface area contributed by atoms with Crippen LogP contribution in [0, 0.1) is 12.7 Å². The minimum Gasteiger partial charge on any atom is -0.478 e. The van der Waals surface area contributed by atoms with Crippen molar-refractivity contribution in [2.45, 2.75) is 33.6 Å². The van der Waals surface area contributed by atoms with E-state index in [0.29, 0.717) is 0 Å². The zero-order valence-corrected chi connectivity index (χ0v) is 15.2. The summed E-state index contributed by atoms with van der Waals surface area (Å²) < 4.78 is 63.9. The van der Waals surface area contributed by atoms with E-state index in [9.17, 15) is 26.0 Å². The highest BCUT2D eigenvalue weighted by Crippen LogP contribution is 2.31. The van der Waals surface area contributed by atoms with E-state index in [2.05, 4.69) is 0 Å². The van der Waals surface area contributed by atoms with Gasteiger partial charge in [-0.05, 0) is 37.5 Å². The van der Waals surface area contributed by atoms with E-state index < -0.39 is 48.9 Å². The zero-order valence-electron chi connectivity index (χ0n) is 13.6. The molecule has 136 valence electrons. The quantitative estimate of drug-likeness (QED) is 0.739. The Bertz CT molecular complexity index is 797. The molecular weight excluding hydrogens is 361 g/mol. The average molecular weight is 381 g/mol. The number of carboxylic acids is 1. The lowest BCUT2D eigenvalue weighted by molar-refractivity contribution is 0.0691. The van der Waals surface area contributed by atoms with Crippen molar-refractivity contribution in [1.29, 1.82) is 0 Å². The summed E-state index contributed by atoms with van der Waals surface area (Å²) in [5.41, 5.74) is -1.38. The SMILES string of the molecule is CCCS(=O)(=O)N(c1ccc(F)c(C(=O)O)c1C)S(=O)(=O)CCC. The third kappa shape index (κ3) is 4.04. The normalized spacial score (nSPS) is 12.2. The molecule has 24 heavy (non-hydrogen) atoms. The Kier molecular flexibility index (Phi) is 6.34. The van der Waals surface area contributed by atoms with Crippen molar-refractivity contribution < 1.29 is 31.1 Å². The summed E-state index contributed by atoms with van der Waals surface area (Å²) in [5.74, 6) is -3.54. The van der Waals surface area contributed by atoms with Gasteiger partial charge in [-0.1, -0.05) is 13.8 Å². The predicted octanol–water partition coefficient (Wildman–Crippen LogP) is 2.12. The maximum atomic E-state index is 13.7. The van der Waals surface area contributed by atoms with Crippen LogP contribution in [0.5, 0.6) is 0 Å². The van der Waals surface area contributed by atoms with Crippen molar-refractivity contribution >= 4 is 31.7 Å². The first-order chi connectivity index (χ1) is 11.0. The fourth-order valence-electron chi connectivity index (χ4n) is 2.28. The van der Waals surface area contributed by atoms with Crippen LogP contribution in [0.1, 0.15) is 42.6 Å². The summed E-state index contributed by atoms with van der Waals surface area (Å²) in [6.45, 7) is 4.32. The molecule has 1 aromatic rings. The molecule has 1 rings (SSSR count). The monoisotopic (exact) mass is 381 g/mol. The first-order valence-electron chi connectivity index (χ1n) is 7.27. The molecule has 0 heterocycles. The lowest BCUT2D eigenvalue weighted by atomic mass is 10.1. The second-order valence-electron chi connectivity index (χ2n) is 5.20. The molecule has 0 saturated carbocycles. The number of sulfonamides is 2. The largest absolute Gasteiger partial charge is 0.478 e. The van der Waals surface area contributed by atoms with Crippen LogP contribution < -0.4 is 3.71 Å². The highest BCUT2D eigenvalue weighted by molar-refractivity contribution is 8.10. The van der Waals surface area contributed by atoms with Crippen molar-refractivity contribution in [3.8, 4) is 0 Å². The molecule has 0 aliphatic heterocycles. The zero-order chi connectivity index (χ0) is 18.7. The lowest BCUT2D eigenvalue weighted by Gasteiger charge is -2.25. The van der Waals surface area contributed by atoms with Crippen molar-refractivity contribution in [1.82, 2.24) is 0 Å². The predicted molar refractivity (Wildman–Crippen MR) is 88.7 cm³/mol. The molecule has 0 amide bonds. The number of carboxylic acid groups (broad SMARTS) is 1. The molecule has 0 fully saturated rings. The van der Waals surface area contributed by atoms with Crippen LogP contribution in [0.15, 0.2) is 12.1 Å². The van der Waals surface area contributed by atoms with Crippen LogP contribution in [0.25, 0.3) is 0 Å². The van der Waals surface area contributed by atoms with E-state index in [1.807, 2.05) is 0 Å². The second kappa shape index (κ2) is 7.47. The minimum atomic E-state index is -4.25. The van der Waals surface area contributed by atoms with E-state index in [1.165, 1.54) is 6.92 Å². The molecule has 0 aliphatic carbocycles. The van der Waals surface area contributed by atoms with Crippen LogP contribution in [0.4, 0.5) is 10.1 Å². The van der Waals surface area contributed by atoms with E-state index >= 15 is 0 Å². The summed E-state index contributed by atoms with van der Waals surface area (Å²) in [4.78, 5) is 11.2. The van der Waals surface area contributed by atoms with E-state index in [-0.39, 0.29) is 27.8 Å². The average Bonchev–Trinajstić information content (AvgIpc) is 2.40. The Morgan fingerprint density at radius 3 is 1.92 bits per heavy atom. The highest BCUT2D eigenvalue weighted by Gasteiger charge is 2.35. The molecule has 0 aliphatic rings. The van der Waals surface area contributed by atoms with Gasteiger partial charge in [0.15, 0.2) is 0 Å². The Balaban J connectivity index is 3.76. The molecule has 0 spiro atoms. The number of anilines is 1. The maximum Gasteiger partial charge on any atom is 0.339 e. The molecule has 0 saturated heterocycles. The van der Waals surface area contributed by atoms with Crippen LogP contribution >= 0.6 is 0 Å². The number of carbonyl (C=O) groups is 1. The van der Waals surface area contributed by atoms with Crippen LogP contribution in [-0.4, -0.2) is 39.4 Å². The number of hydrogen-bond acceptors (Lipinski definition) is 5. The van der Waals surface area contributed by atoms with Crippen molar-refractivity contribution in [2.75, 3.05) is 15.2 Å². The Hall–Kier alpha value is -1.68. The smallest absolute Gasteiger partial charge is 0.339 e. The Labute approximate surface area is 141 Å². The summed E-state index contributed by atoms with van der Waals surface area (Å²) in [5, 5.41) is 9.11. The van der Waals surface area contributed by atoms with Gasteiger partial charge in [-0.3, -0.25) is 0 Å². The second-order valence-corrected chi connectivity index (χ2v) is 9.31. The van der Waals surface area contributed by atoms with Crippen LogP contribution in [0.3, 0.4) is 0 Å². The first kappa shape index (κ1) is 20.4. The molecule has 0 radical (unpaired) electrons. The topological polar surface area (TPSA) is 109 Å². The maximum absolute atomic E-state index is 13.7. The molecule has 1 N–H and O–H groups in total. The van der Waals surface area contributed by atoms with Gasteiger partial charge in [-0.25, -0.2) is 26.0 Å². The highest BCUT2D eigenvalue weighted by atomic mass is 32.3. The van der Waals surface area contributed by atoms with Crippen molar-refractivity contribution in [2.24, 2.45) is 0 Å². The molecule has 0 atom stereocenters. The van der Waals surface area contributed by atoms with Gasteiger partial charge in [0.2, 0.25) is 20.0 Å². The van der Waals surface area contributed by atoms with E-state index in [1.54, 1.807) is 13.8 Å². The summed E-state index contributed by atoms with van der Waals surface area (Å²) in [7, 11) is -8.51. The molecule has 7 nitrogen and oxygen atoms in total. The number of nitrogens with zero attached hydrogens (tertiary/aromatic N) is 1. The molecular formula is C14H20FNO6S2. The van der Waals surface area contributed by atoms with Gasteiger partial charge in [0.25, 0.3) is 0 Å². The van der Waals surface area contributed by atoms with Crippen LogP contribution in [0.2, 0.25) is 0 Å². The van der Waals surface area contributed by atoms with Crippen molar-refractivity contribution in [3.63, 3.8) is 0 Å².